The number of benzene rings is 3. The second-order valence-electron chi connectivity index (χ2n) is 6.95. The molecule has 0 saturated carbocycles. The van der Waals surface area contributed by atoms with Crippen LogP contribution in [0.5, 0.6) is 0 Å². The summed E-state index contributed by atoms with van der Waals surface area (Å²) in [6.45, 7) is 6.32. The van der Waals surface area contributed by atoms with Crippen molar-refractivity contribution in [2.75, 3.05) is 0 Å². The summed E-state index contributed by atoms with van der Waals surface area (Å²) in [4.78, 5) is 8.48. The normalized spacial score (nSPS) is 11.5. The molecule has 134 valence electrons. The maximum Gasteiger partial charge on any atom is 0.218 e. The van der Waals surface area contributed by atoms with Gasteiger partial charge >= 0.3 is 0 Å². The van der Waals surface area contributed by atoms with Gasteiger partial charge in [-0.2, -0.15) is 4.98 Å². The van der Waals surface area contributed by atoms with E-state index in [1.54, 1.807) is 0 Å². The fourth-order valence-electron chi connectivity index (χ4n) is 3.81. The van der Waals surface area contributed by atoms with Gasteiger partial charge in [-0.05, 0) is 57.2 Å². The van der Waals surface area contributed by atoms with Crippen LogP contribution in [0.1, 0.15) is 17.1 Å². The van der Waals surface area contributed by atoms with Crippen molar-refractivity contribution < 1.29 is 0 Å². The van der Waals surface area contributed by atoms with Crippen LogP contribution in [0.3, 0.4) is 0 Å². The van der Waals surface area contributed by atoms with Gasteiger partial charge in [0.05, 0.1) is 5.69 Å². The Hall–Kier alpha value is -2.70. The van der Waals surface area contributed by atoms with E-state index in [9.17, 15) is 0 Å². The summed E-state index contributed by atoms with van der Waals surface area (Å²) in [7, 11) is -2.08. The summed E-state index contributed by atoms with van der Waals surface area (Å²) in [6.07, 6.45) is 0. The monoisotopic (exact) mass is 371 g/mol. The minimum absolute atomic E-state index is 0.964. The molecule has 2 nitrogen and oxygen atoms in total. The maximum absolute atomic E-state index is 5.03. The minimum atomic E-state index is -2.08. The molecule has 3 aromatic carbocycles. The Labute approximate surface area is 161 Å². The highest BCUT2D eigenvalue weighted by atomic mass is 31.2. The van der Waals surface area contributed by atoms with E-state index in [-0.39, 0.29) is 0 Å². The second kappa shape index (κ2) is 7.13. The van der Waals surface area contributed by atoms with E-state index in [4.69, 9.17) is 4.98 Å². The third-order valence-corrected chi connectivity index (χ3v) is 9.29. The molecule has 0 fully saturated rings. The molecule has 4 rings (SSSR count). The van der Waals surface area contributed by atoms with Gasteiger partial charge in [0.15, 0.2) is 7.26 Å². The van der Waals surface area contributed by atoms with Crippen molar-refractivity contribution in [1.29, 1.82) is 0 Å². The van der Waals surface area contributed by atoms with E-state index >= 15 is 0 Å². The molecule has 1 heterocycles. The van der Waals surface area contributed by atoms with Crippen molar-refractivity contribution >= 4 is 28.6 Å². The SMILES string of the molecule is Cc1ccc([P+](c2ccccc2)(c2ccccc2)c2nc(C)[nH]c2C)cc1. The van der Waals surface area contributed by atoms with Gasteiger partial charge in [0, 0.05) is 0 Å². The standard InChI is InChI=1S/C24H24N2P/c1-18-14-16-23(17-15-18)27(21-10-6-4-7-11-21,22-12-8-5-9-13-22)24-19(2)25-20(3)26-24/h4-17H,1-3H3,(H,25,26)/q+1. The molecule has 0 aliphatic rings. The second-order valence-corrected chi connectivity index (χ2v) is 10.3. The van der Waals surface area contributed by atoms with Crippen LogP contribution in [0.2, 0.25) is 0 Å². The molecule has 0 spiro atoms. The van der Waals surface area contributed by atoms with Crippen molar-refractivity contribution in [3.8, 4) is 0 Å². The average molecular weight is 371 g/mol. The van der Waals surface area contributed by atoms with Crippen LogP contribution in [0.4, 0.5) is 0 Å². The van der Waals surface area contributed by atoms with Gasteiger partial charge in [-0.3, -0.25) is 0 Å². The predicted molar refractivity (Wildman–Crippen MR) is 118 cm³/mol. The molecule has 1 N–H and O–H groups in total. The van der Waals surface area contributed by atoms with Gasteiger partial charge in [-0.25, -0.2) is 0 Å². The molecule has 0 aliphatic heterocycles. The van der Waals surface area contributed by atoms with Crippen LogP contribution in [0.25, 0.3) is 0 Å². The van der Waals surface area contributed by atoms with E-state index in [2.05, 4.69) is 104 Å². The van der Waals surface area contributed by atoms with Crippen LogP contribution in [0, 0.1) is 20.8 Å². The van der Waals surface area contributed by atoms with Crippen LogP contribution in [-0.4, -0.2) is 9.97 Å². The number of nitrogens with zero attached hydrogens (tertiary/aromatic N) is 1. The lowest BCUT2D eigenvalue weighted by Crippen LogP contribution is -2.40. The molecule has 0 bridgehead atoms. The number of aromatic nitrogens is 2. The fraction of sp³-hybridized carbons (Fsp3) is 0.125. The van der Waals surface area contributed by atoms with Crippen molar-refractivity contribution in [3.05, 3.63) is 102 Å². The lowest BCUT2D eigenvalue weighted by molar-refractivity contribution is 1.13. The van der Waals surface area contributed by atoms with E-state index in [0.717, 1.165) is 11.5 Å². The number of imidazole rings is 1. The number of aromatic amines is 1. The topological polar surface area (TPSA) is 28.7 Å². The first-order chi connectivity index (χ1) is 13.1. The molecular formula is C24H24N2P+. The highest BCUT2D eigenvalue weighted by Gasteiger charge is 2.51. The lowest BCUT2D eigenvalue weighted by Gasteiger charge is -2.26. The number of rotatable bonds is 4. The number of hydrogen-bond donors (Lipinski definition) is 1. The zero-order valence-corrected chi connectivity index (χ0v) is 16.9. The van der Waals surface area contributed by atoms with Crippen LogP contribution in [0.15, 0.2) is 84.9 Å². The molecule has 27 heavy (non-hydrogen) atoms. The van der Waals surface area contributed by atoms with E-state index < -0.39 is 7.26 Å². The number of H-pyrrole nitrogens is 1. The largest absolute Gasteiger partial charge is 0.343 e. The third kappa shape index (κ3) is 3.01. The summed E-state index contributed by atoms with van der Waals surface area (Å²) in [5.74, 6) is 0.964. The lowest BCUT2D eigenvalue weighted by atomic mass is 10.2. The molecule has 4 aromatic rings. The summed E-state index contributed by atoms with van der Waals surface area (Å²) in [5.41, 5.74) is 3.59. The highest BCUT2D eigenvalue weighted by Crippen LogP contribution is 2.54. The van der Waals surface area contributed by atoms with Gasteiger partial charge in [-0.15, -0.1) is 0 Å². The van der Waals surface area contributed by atoms with Gasteiger partial charge in [0.1, 0.15) is 21.7 Å². The average Bonchev–Trinajstić information content (AvgIpc) is 3.04. The molecule has 1 aromatic heterocycles. The van der Waals surface area contributed by atoms with E-state index in [1.165, 1.54) is 26.9 Å². The van der Waals surface area contributed by atoms with Gasteiger partial charge in [0.25, 0.3) is 0 Å². The predicted octanol–water partition coefficient (Wildman–Crippen LogP) is 3.95. The smallest absolute Gasteiger partial charge is 0.218 e. The summed E-state index contributed by atoms with van der Waals surface area (Å²) < 4.78 is 0. The molecule has 0 unspecified atom stereocenters. The third-order valence-electron chi connectivity index (χ3n) is 5.00. The molecule has 0 amide bonds. The fourth-order valence-corrected chi connectivity index (χ4v) is 8.13. The molecule has 3 heteroatoms. The van der Waals surface area contributed by atoms with Crippen LogP contribution >= 0.6 is 7.26 Å². The molecule has 0 aliphatic carbocycles. The Kier molecular flexibility index (Phi) is 4.68. The summed E-state index contributed by atoms with van der Waals surface area (Å²) >= 11 is 0. The summed E-state index contributed by atoms with van der Waals surface area (Å²) in [5, 5.41) is 3.99. The Bertz CT molecular complexity index is 995. The van der Waals surface area contributed by atoms with Crippen molar-refractivity contribution in [3.63, 3.8) is 0 Å². The molecule has 0 radical (unpaired) electrons. The Morgan fingerprint density at radius 2 is 1.11 bits per heavy atom. The summed E-state index contributed by atoms with van der Waals surface area (Å²) in [6, 6.07) is 30.7. The van der Waals surface area contributed by atoms with Crippen molar-refractivity contribution in [2.45, 2.75) is 20.8 Å². The number of nitrogens with one attached hydrogen (secondary N) is 1. The van der Waals surface area contributed by atoms with Gasteiger partial charge in [-0.1, -0.05) is 54.1 Å². The Morgan fingerprint density at radius 3 is 1.56 bits per heavy atom. The first kappa shape index (κ1) is 17.7. The van der Waals surface area contributed by atoms with Crippen LogP contribution in [-0.2, 0) is 0 Å². The molecular weight excluding hydrogens is 347 g/mol. The van der Waals surface area contributed by atoms with Crippen molar-refractivity contribution in [1.82, 2.24) is 9.97 Å². The van der Waals surface area contributed by atoms with Gasteiger partial charge < -0.3 is 4.98 Å². The first-order valence-electron chi connectivity index (χ1n) is 9.23. The van der Waals surface area contributed by atoms with E-state index in [0.29, 0.717) is 0 Å². The number of aryl methyl sites for hydroxylation is 3. The number of hydrogen-bond acceptors (Lipinski definition) is 1. The molecule has 0 saturated heterocycles. The maximum atomic E-state index is 5.03. The Balaban J connectivity index is 2.15. The van der Waals surface area contributed by atoms with E-state index in [1.807, 2.05) is 6.92 Å². The Morgan fingerprint density at radius 1 is 0.630 bits per heavy atom. The van der Waals surface area contributed by atoms with Gasteiger partial charge in [0.2, 0.25) is 5.44 Å². The van der Waals surface area contributed by atoms with Crippen molar-refractivity contribution in [2.24, 2.45) is 0 Å². The first-order valence-corrected chi connectivity index (χ1v) is 11.0. The highest BCUT2D eigenvalue weighted by molar-refractivity contribution is 8.01. The minimum Gasteiger partial charge on any atom is -0.343 e. The quantitative estimate of drug-likeness (QED) is 0.541. The zero-order chi connectivity index (χ0) is 18.9. The molecule has 0 atom stereocenters. The zero-order valence-electron chi connectivity index (χ0n) is 16.0. The van der Waals surface area contributed by atoms with Crippen LogP contribution < -0.4 is 21.3 Å².